The first-order valence-corrected chi connectivity index (χ1v) is 8.37. The molecule has 1 aromatic rings. The first-order chi connectivity index (χ1) is 10.1. The zero-order valence-corrected chi connectivity index (χ0v) is 13.5. The number of rotatable bonds is 5. The molecule has 1 saturated heterocycles. The Morgan fingerprint density at radius 3 is 2.62 bits per heavy atom. The Morgan fingerprint density at radius 1 is 1.19 bits per heavy atom. The third kappa shape index (κ3) is 3.91. The quantitative estimate of drug-likeness (QED) is 0.896. The van der Waals surface area contributed by atoms with Gasteiger partial charge in [0.1, 0.15) is 0 Å². The van der Waals surface area contributed by atoms with Crippen LogP contribution in [-0.2, 0) is 0 Å². The van der Waals surface area contributed by atoms with Gasteiger partial charge in [0.15, 0.2) is 0 Å². The van der Waals surface area contributed by atoms with Crippen LogP contribution in [-0.4, -0.2) is 36.5 Å². The monoisotopic (exact) mass is 326 g/mol. The van der Waals surface area contributed by atoms with Crippen molar-refractivity contribution >= 4 is 29.1 Å². The van der Waals surface area contributed by atoms with E-state index < -0.39 is 0 Å². The van der Waals surface area contributed by atoms with Gasteiger partial charge in [0, 0.05) is 24.7 Å². The summed E-state index contributed by atoms with van der Waals surface area (Å²) in [7, 11) is 0. The van der Waals surface area contributed by atoms with Crippen molar-refractivity contribution in [2.45, 2.75) is 31.7 Å². The molecule has 3 rings (SSSR count). The number of amides is 1. The Hall–Kier alpha value is -0.770. The van der Waals surface area contributed by atoms with Crippen LogP contribution in [0.3, 0.4) is 0 Å². The molecule has 1 saturated carbocycles. The van der Waals surface area contributed by atoms with Crippen LogP contribution in [0, 0.1) is 5.92 Å². The number of nitrogens with one attached hydrogen (secondary N) is 1. The minimum absolute atomic E-state index is 0.0640. The lowest BCUT2D eigenvalue weighted by atomic mass is 10.1. The standard InChI is InChI=1S/C16H20Cl2N2O/c17-14-6-5-12(8-15(14)18)16(21)20(9-11-3-4-11)10-13-2-1-7-19-13/h5-6,8,11,13,19H,1-4,7,9-10H2. The van der Waals surface area contributed by atoms with Gasteiger partial charge in [0.05, 0.1) is 10.0 Å². The molecule has 1 heterocycles. The molecular weight excluding hydrogens is 307 g/mol. The normalized spacial score (nSPS) is 21.5. The molecule has 0 aromatic heterocycles. The smallest absolute Gasteiger partial charge is 0.253 e. The van der Waals surface area contributed by atoms with Gasteiger partial charge < -0.3 is 10.2 Å². The van der Waals surface area contributed by atoms with E-state index in [0.717, 1.165) is 26.1 Å². The minimum Gasteiger partial charge on any atom is -0.337 e. The molecule has 1 atom stereocenters. The first kappa shape index (κ1) is 15.1. The van der Waals surface area contributed by atoms with Gasteiger partial charge in [-0.25, -0.2) is 0 Å². The molecule has 3 nitrogen and oxygen atoms in total. The molecule has 0 radical (unpaired) electrons. The average Bonchev–Trinajstić information content (AvgIpc) is 3.14. The van der Waals surface area contributed by atoms with Crippen molar-refractivity contribution in [2.24, 2.45) is 5.92 Å². The number of hydrogen-bond donors (Lipinski definition) is 1. The zero-order chi connectivity index (χ0) is 14.8. The average molecular weight is 327 g/mol. The van der Waals surface area contributed by atoms with Crippen LogP contribution in [0.15, 0.2) is 18.2 Å². The van der Waals surface area contributed by atoms with Gasteiger partial charge in [0.2, 0.25) is 0 Å². The van der Waals surface area contributed by atoms with Crippen LogP contribution in [0.5, 0.6) is 0 Å². The van der Waals surface area contributed by atoms with Gasteiger partial charge in [0.25, 0.3) is 5.91 Å². The summed E-state index contributed by atoms with van der Waals surface area (Å²) in [5, 5.41) is 4.39. The predicted octanol–water partition coefficient (Wildman–Crippen LogP) is 3.60. The fourth-order valence-electron chi connectivity index (χ4n) is 2.84. The Bertz CT molecular complexity index is 525. The largest absolute Gasteiger partial charge is 0.337 e. The van der Waals surface area contributed by atoms with E-state index >= 15 is 0 Å². The third-order valence-electron chi connectivity index (χ3n) is 4.23. The lowest BCUT2D eigenvalue weighted by Crippen LogP contribution is -2.42. The Morgan fingerprint density at radius 2 is 2.00 bits per heavy atom. The molecular formula is C16H20Cl2N2O. The Balaban J connectivity index is 1.73. The number of halogens is 2. The van der Waals surface area contributed by atoms with E-state index in [1.54, 1.807) is 18.2 Å². The molecule has 114 valence electrons. The highest BCUT2D eigenvalue weighted by atomic mass is 35.5. The van der Waals surface area contributed by atoms with E-state index in [-0.39, 0.29) is 5.91 Å². The summed E-state index contributed by atoms with van der Waals surface area (Å²) in [6, 6.07) is 5.56. The van der Waals surface area contributed by atoms with Crippen molar-refractivity contribution in [1.29, 1.82) is 0 Å². The number of benzene rings is 1. The summed E-state index contributed by atoms with van der Waals surface area (Å²) in [6.07, 6.45) is 4.82. The fraction of sp³-hybridized carbons (Fsp3) is 0.562. The summed E-state index contributed by atoms with van der Waals surface area (Å²) >= 11 is 12.0. The maximum Gasteiger partial charge on any atom is 0.253 e. The first-order valence-electron chi connectivity index (χ1n) is 7.61. The lowest BCUT2D eigenvalue weighted by molar-refractivity contribution is 0.0733. The van der Waals surface area contributed by atoms with Crippen LogP contribution in [0.1, 0.15) is 36.0 Å². The second-order valence-corrected chi connectivity index (χ2v) is 6.89. The second kappa shape index (κ2) is 6.55. The van der Waals surface area contributed by atoms with Crippen LogP contribution in [0.4, 0.5) is 0 Å². The van der Waals surface area contributed by atoms with E-state index in [1.807, 2.05) is 4.90 Å². The van der Waals surface area contributed by atoms with Crippen LogP contribution < -0.4 is 5.32 Å². The van der Waals surface area contributed by atoms with E-state index in [1.165, 1.54) is 19.3 Å². The second-order valence-electron chi connectivity index (χ2n) is 6.08. The van der Waals surface area contributed by atoms with Crippen molar-refractivity contribution in [2.75, 3.05) is 19.6 Å². The lowest BCUT2D eigenvalue weighted by Gasteiger charge is -2.26. The number of carbonyl (C=O) groups is 1. The highest BCUT2D eigenvalue weighted by molar-refractivity contribution is 6.42. The highest BCUT2D eigenvalue weighted by Crippen LogP contribution is 2.31. The molecule has 2 fully saturated rings. The fourth-order valence-corrected chi connectivity index (χ4v) is 3.14. The van der Waals surface area contributed by atoms with Crippen LogP contribution in [0.25, 0.3) is 0 Å². The van der Waals surface area contributed by atoms with Crippen molar-refractivity contribution in [3.05, 3.63) is 33.8 Å². The van der Waals surface area contributed by atoms with Crippen LogP contribution >= 0.6 is 23.2 Å². The summed E-state index contributed by atoms with van der Waals surface area (Å²) < 4.78 is 0. The number of nitrogens with zero attached hydrogens (tertiary/aromatic N) is 1. The SMILES string of the molecule is O=C(c1ccc(Cl)c(Cl)c1)N(CC1CC1)CC1CCCN1. The van der Waals surface area contributed by atoms with Crippen molar-refractivity contribution in [1.82, 2.24) is 10.2 Å². The molecule has 2 aliphatic rings. The van der Waals surface area contributed by atoms with E-state index in [4.69, 9.17) is 23.2 Å². The summed E-state index contributed by atoms with van der Waals surface area (Å²) in [5.74, 6) is 0.743. The maximum atomic E-state index is 12.8. The molecule has 1 amide bonds. The molecule has 1 unspecified atom stereocenters. The number of carbonyl (C=O) groups excluding carboxylic acids is 1. The van der Waals surface area contributed by atoms with Gasteiger partial charge in [-0.1, -0.05) is 23.2 Å². The maximum absolute atomic E-state index is 12.8. The van der Waals surface area contributed by atoms with Gasteiger partial charge in [-0.3, -0.25) is 4.79 Å². The van der Waals surface area contributed by atoms with Gasteiger partial charge >= 0.3 is 0 Å². The third-order valence-corrected chi connectivity index (χ3v) is 4.97. The Kier molecular flexibility index (Phi) is 4.72. The molecule has 5 heteroatoms. The van der Waals surface area contributed by atoms with E-state index in [2.05, 4.69) is 5.32 Å². The van der Waals surface area contributed by atoms with Gasteiger partial charge in [-0.05, 0) is 56.3 Å². The predicted molar refractivity (Wildman–Crippen MR) is 86.1 cm³/mol. The van der Waals surface area contributed by atoms with Crippen molar-refractivity contribution in [3.63, 3.8) is 0 Å². The van der Waals surface area contributed by atoms with Crippen molar-refractivity contribution in [3.8, 4) is 0 Å². The molecule has 0 bridgehead atoms. The molecule has 1 N–H and O–H groups in total. The minimum atomic E-state index is 0.0640. The number of hydrogen-bond acceptors (Lipinski definition) is 2. The van der Waals surface area contributed by atoms with Gasteiger partial charge in [-0.2, -0.15) is 0 Å². The van der Waals surface area contributed by atoms with Gasteiger partial charge in [-0.15, -0.1) is 0 Å². The molecule has 0 spiro atoms. The summed E-state index contributed by atoms with van der Waals surface area (Å²) in [5.41, 5.74) is 0.628. The summed E-state index contributed by atoms with van der Waals surface area (Å²) in [4.78, 5) is 14.7. The van der Waals surface area contributed by atoms with E-state index in [9.17, 15) is 4.79 Å². The van der Waals surface area contributed by atoms with Crippen LogP contribution in [0.2, 0.25) is 10.0 Å². The summed E-state index contributed by atoms with van der Waals surface area (Å²) in [6.45, 7) is 2.70. The van der Waals surface area contributed by atoms with E-state index in [0.29, 0.717) is 27.6 Å². The zero-order valence-electron chi connectivity index (χ0n) is 11.9. The topological polar surface area (TPSA) is 32.3 Å². The molecule has 1 aliphatic heterocycles. The highest BCUT2D eigenvalue weighted by Gasteiger charge is 2.29. The molecule has 21 heavy (non-hydrogen) atoms. The van der Waals surface area contributed by atoms with Crippen molar-refractivity contribution < 1.29 is 4.79 Å². The molecule has 1 aromatic carbocycles. The molecule has 1 aliphatic carbocycles. The Labute approximate surface area is 135 Å².